The van der Waals surface area contributed by atoms with Crippen LogP contribution in [0, 0.1) is 0 Å². The van der Waals surface area contributed by atoms with Gasteiger partial charge in [-0.05, 0) is 32.4 Å². The molecule has 0 saturated heterocycles. The molecule has 0 aliphatic heterocycles. The lowest BCUT2D eigenvalue weighted by molar-refractivity contribution is -0.148. The third-order valence-corrected chi connectivity index (χ3v) is 2.72. The first-order valence-corrected chi connectivity index (χ1v) is 7.70. The lowest BCUT2D eigenvalue weighted by Crippen LogP contribution is -2.37. The van der Waals surface area contributed by atoms with Crippen molar-refractivity contribution in [1.29, 1.82) is 0 Å². The topological polar surface area (TPSA) is 73.9 Å². The van der Waals surface area contributed by atoms with Gasteiger partial charge in [0.1, 0.15) is 18.2 Å². The molecule has 1 rings (SSSR count). The summed E-state index contributed by atoms with van der Waals surface area (Å²) in [6, 6.07) is 9.66. The van der Waals surface area contributed by atoms with E-state index in [-0.39, 0.29) is 13.2 Å². The van der Waals surface area contributed by atoms with Gasteiger partial charge >= 0.3 is 12.1 Å². The Morgan fingerprint density at radius 2 is 1.92 bits per heavy atom. The van der Waals surface area contributed by atoms with Crippen LogP contribution in [-0.2, 0) is 25.6 Å². The second kappa shape index (κ2) is 9.72. The number of nitrogens with one attached hydrogen (secondary N) is 1. The summed E-state index contributed by atoms with van der Waals surface area (Å²) in [6.07, 6.45) is 0.229. The van der Waals surface area contributed by atoms with Crippen molar-refractivity contribution in [1.82, 2.24) is 5.32 Å². The lowest BCUT2D eigenvalue weighted by Gasteiger charge is -2.20. The molecule has 0 fully saturated rings. The predicted molar refractivity (Wildman–Crippen MR) is 90.4 cm³/mol. The first-order valence-electron chi connectivity index (χ1n) is 7.70. The number of ether oxygens (including phenoxy) is 3. The van der Waals surface area contributed by atoms with Crippen LogP contribution in [0.4, 0.5) is 4.79 Å². The van der Waals surface area contributed by atoms with Gasteiger partial charge in [0.15, 0.2) is 0 Å². The van der Waals surface area contributed by atoms with Crippen molar-refractivity contribution in [3.8, 4) is 0 Å². The van der Waals surface area contributed by atoms with E-state index >= 15 is 0 Å². The molecule has 1 atom stereocenters. The van der Waals surface area contributed by atoms with Crippen molar-refractivity contribution in [3.63, 3.8) is 0 Å². The molecule has 0 bridgehead atoms. The van der Waals surface area contributed by atoms with Crippen molar-refractivity contribution in [2.75, 3.05) is 13.2 Å². The van der Waals surface area contributed by atoms with Crippen molar-refractivity contribution in [2.45, 2.75) is 39.1 Å². The normalized spacial score (nSPS) is 12.1. The summed E-state index contributed by atoms with van der Waals surface area (Å²) in [6.45, 7) is 9.16. The van der Waals surface area contributed by atoms with Crippen LogP contribution in [0.15, 0.2) is 43.0 Å². The molecular weight excluding hydrogens is 310 g/mol. The highest BCUT2D eigenvalue weighted by molar-refractivity contribution is 5.78. The number of carbonyl (C=O) groups is 2. The van der Waals surface area contributed by atoms with E-state index in [2.05, 4.69) is 11.9 Å². The van der Waals surface area contributed by atoms with Gasteiger partial charge in [0.25, 0.3) is 0 Å². The molecule has 0 aliphatic rings. The van der Waals surface area contributed by atoms with Crippen molar-refractivity contribution < 1.29 is 23.8 Å². The first kappa shape index (κ1) is 19.7. The molecule has 6 heteroatoms. The molecule has 1 amide bonds. The van der Waals surface area contributed by atoms with Crippen LogP contribution in [0.2, 0.25) is 0 Å². The molecule has 0 spiro atoms. The van der Waals surface area contributed by atoms with Gasteiger partial charge in [-0.15, -0.1) is 0 Å². The molecule has 0 radical (unpaired) electrons. The van der Waals surface area contributed by atoms with Gasteiger partial charge in [0.2, 0.25) is 0 Å². The molecule has 0 unspecified atom stereocenters. The average Bonchev–Trinajstić information content (AvgIpc) is 2.51. The number of benzene rings is 1. The minimum atomic E-state index is -0.671. The third kappa shape index (κ3) is 8.95. The van der Waals surface area contributed by atoms with E-state index < -0.39 is 23.8 Å². The van der Waals surface area contributed by atoms with Crippen molar-refractivity contribution >= 4 is 12.1 Å². The Morgan fingerprint density at radius 1 is 1.25 bits per heavy atom. The van der Waals surface area contributed by atoms with Gasteiger partial charge in [-0.1, -0.05) is 36.9 Å². The summed E-state index contributed by atoms with van der Waals surface area (Å²) in [5.74, 6) is -0.589. The maximum Gasteiger partial charge on any atom is 0.408 e. The second-order valence-corrected chi connectivity index (χ2v) is 6.12. The molecule has 0 aliphatic carbocycles. The monoisotopic (exact) mass is 335 g/mol. The zero-order valence-corrected chi connectivity index (χ0v) is 14.4. The Morgan fingerprint density at radius 3 is 2.50 bits per heavy atom. The summed E-state index contributed by atoms with van der Waals surface area (Å²) in [4.78, 5) is 23.2. The lowest BCUT2D eigenvalue weighted by atomic mass is 10.2. The Hall–Kier alpha value is -2.34. The number of hydrogen-bond acceptors (Lipinski definition) is 5. The standard InChI is InChI=1S/C18H25NO5/c1-5-15(13-22-12-14-9-7-6-8-10-14)23-16(20)11-19-17(21)24-18(2,3)4/h5-10,15H,1,11-13H2,2-4H3,(H,19,21)/t15-/m1/s1. The van der Waals surface area contributed by atoms with Crippen molar-refractivity contribution in [3.05, 3.63) is 48.6 Å². The van der Waals surface area contributed by atoms with Crippen LogP contribution >= 0.6 is 0 Å². The highest BCUT2D eigenvalue weighted by atomic mass is 16.6. The highest BCUT2D eigenvalue weighted by Gasteiger charge is 2.18. The van der Waals surface area contributed by atoms with E-state index in [4.69, 9.17) is 14.2 Å². The van der Waals surface area contributed by atoms with E-state index in [9.17, 15) is 9.59 Å². The minimum absolute atomic E-state index is 0.191. The summed E-state index contributed by atoms with van der Waals surface area (Å²) >= 11 is 0. The van der Waals surface area contributed by atoms with Gasteiger partial charge in [0.05, 0.1) is 13.2 Å². The molecule has 24 heavy (non-hydrogen) atoms. The van der Waals surface area contributed by atoms with Crippen LogP contribution in [0.1, 0.15) is 26.3 Å². The summed E-state index contributed by atoms with van der Waals surface area (Å²) in [7, 11) is 0. The Labute approximate surface area is 142 Å². The van der Waals surface area contributed by atoms with Gasteiger partial charge in [-0.3, -0.25) is 4.79 Å². The van der Waals surface area contributed by atoms with E-state index in [1.165, 1.54) is 6.08 Å². The van der Waals surface area contributed by atoms with E-state index in [1.807, 2.05) is 30.3 Å². The van der Waals surface area contributed by atoms with Crippen molar-refractivity contribution in [2.24, 2.45) is 0 Å². The van der Waals surface area contributed by atoms with Crippen LogP contribution in [0.3, 0.4) is 0 Å². The molecule has 0 saturated carbocycles. The quantitative estimate of drug-likeness (QED) is 0.584. The molecule has 1 aromatic rings. The first-order chi connectivity index (χ1) is 11.3. The van der Waals surface area contributed by atoms with Gasteiger partial charge in [-0.2, -0.15) is 0 Å². The Balaban J connectivity index is 2.27. The van der Waals surface area contributed by atoms with Gasteiger partial charge in [-0.25, -0.2) is 4.79 Å². The van der Waals surface area contributed by atoms with Crippen LogP contribution in [-0.4, -0.2) is 36.9 Å². The molecule has 1 aromatic carbocycles. The molecule has 6 nitrogen and oxygen atoms in total. The highest BCUT2D eigenvalue weighted by Crippen LogP contribution is 2.06. The SMILES string of the molecule is C=C[C@H](COCc1ccccc1)OC(=O)CNC(=O)OC(C)(C)C. The maximum atomic E-state index is 11.7. The van der Waals surface area contributed by atoms with Gasteiger partial charge < -0.3 is 19.5 Å². The number of hydrogen-bond donors (Lipinski definition) is 1. The molecule has 0 aromatic heterocycles. The third-order valence-electron chi connectivity index (χ3n) is 2.72. The summed E-state index contributed by atoms with van der Waals surface area (Å²) < 4.78 is 15.7. The molecule has 1 N–H and O–H groups in total. The average molecular weight is 335 g/mol. The Bertz CT molecular complexity index is 536. The second-order valence-electron chi connectivity index (χ2n) is 6.12. The smallest absolute Gasteiger partial charge is 0.408 e. The summed E-state index contributed by atoms with van der Waals surface area (Å²) in [5.41, 5.74) is 0.404. The predicted octanol–water partition coefficient (Wildman–Crippen LogP) is 2.83. The zero-order valence-electron chi connectivity index (χ0n) is 14.4. The maximum absolute atomic E-state index is 11.7. The number of amides is 1. The number of carbonyl (C=O) groups excluding carboxylic acids is 2. The Kier molecular flexibility index (Phi) is 7.98. The van der Waals surface area contributed by atoms with E-state index in [1.54, 1.807) is 20.8 Å². The van der Waals surface area contributed by atoms with E-state index in [0.29, 0.717) is 6.61 Å². The van der Waals surface area contributed by atoms with Crippen LogP contribution < -0.4 is 5.32 Å². The zero-order chi connectivity index (χ0) is 18.0. The molecular formula is C18H25NO5. The fourth-order valence-corrected chi connectivity index (χ4v) is 1.69. The number of rotatable bonds is 8. The largest absolute Gasteiger partial charge is 0.454 e. The number of esters is 1. The van der Waals surface area contributed by atoms with E-state index in [0.717, 1.165) is 5.56 Å². The fourth-order valence-electron chi connectivity index (χ4n) is 1.69. The van der Waals surface area contributed by atoms with Gasteiger partial charge in [0, 0.05) is 0 Å². The van der Waals surface area contributed by atoms with Crippen LogP contribution in [0.25, 0.3) is 0 Å². The number of alkyl carbamates (subject to hydrolysis) is 1. The molecule has 0 heterocycles. The summed E-state index contributed by atoms with van der Waals surface area (Å²) in [5, 5.41) is 2.34. The molecule has 132 valence electrons. The van der Waals surface area contributed by atoms with Crippen LogP contribution in [0.5, 0.6) is 0 Å². The minimum Gasteiger partial charge on any atom is -0.454 e. The fraction of sp³-hybridized carbons (Fsp3) is 0.444.